The van der Waals surface area contributed by atoms with Crippen LogP contribution in [0.5, 0.6) is 0 Å². The van der Waals surface area contributed by atoms with E-state index >= 15 is 0 Å². The molecular formula is C30H21ClN4O4. The van der Waals surface area contributed by atoms with Crippen molar-refractivity contribution in [2.75, 3.05) is 6.61 Å². The second kappa shape index (κ2) is 10.5. The molecule has 0 aliphatic carbocycles. The molecule has 4 heterocycles. The predicted molar refractivity (Wildman–Crippen MR) is 146 cm³/mol. The lowest BCUT2D eigenvalue weighted by Gasteiger charge is -2.19. The minimum atomic E-state index is -0.644. The SMILES string of the molecule is O=C(OCC(=O)N1N=C(c2ccc(Cl)cc2)CC1c1ccco1)c1cc(-c2ccccn2)nc2ccccc12. The number of fused-ring (bicyclic) bond motifs is 1. The number of halogens is 1. The Hall–Kier alpha value is -4.82. The Morgan fingerprint density at radius 1 is 0.974 bits per heavy atom. The lowest BCUT2D eigenvalue weighted by atomic mass is 10.0. The van der Waals surface area contributed by atoms with Crippen LogP contribution >= 0.6 is 11.6 Å². The van der Waals surface area contributed by atoms with Gasteiger partial charge < -0.3 is 9.15 Å². The Morgan fingerprint density at radius 3 is 2.56 bits per heavy atom. The number of hydrazone groups is 1. The monoisotopic (exact) mass is 536 g/mol. The minimum Gasteiger partial charge on any atom is -0.467 e. The molecule has 0 fully saturated rings. The van der Waals surface area contributed by atoms with E-state index in [0.29, 0.717) is 50.8 Å². The van der Waals surface area contributed by atoms with Crippen LogP contribution < -0.4 is 0 Å². The van der Waals surface area contributed by atoms with Crippen LogP contribution in [0.1, 0.15) is 34.1 Å². The highest BCUT2D eigenvalue weighted by Gasteiger charge is 2.35. The molecule has 9 heteroatoms. The highest BCUT2D eigenvalue weighted by molar-refractivity contribution is 6.30. The molecule has 6 rings (SSSR count). The minimum absolute atomic E-state index is 0.295. The number of hydrogen-bond acceptors (Lipinski definition) is 7. The highest BCUT2D eigenvalue weighted by Crippen LogP contribution is 2.33. The topological polar surface area (TPSA) is 97.9 Å². The van der Waals surface area contributed by atoms with E-state index in [1.54, 1.807) is 54.9 Å². The van der Waals surface area contributed by atoms with Crippen molar-refractivity contribution >= 4 is 40.1 Å². The first kappa shape index (κ1) is 24.5. The summed E-state index contributed by atoms with van der Waals surface area (Å²) in [7, 11) is 0. The first-order valence-electron chi connectivity index (χ1n) is 12.2. The van der Waals surface area contributed by atoms with Gasteiger partial charge in [-0.05, 0) is 54.1 Å². The summed E-state index contributed by atoms with van der Waals surface area (Å²) < 4.78 is 11.1. The Bertz CT molecular complexity index is 1690. The maximum absolute atomic E-state index is 13.3. The Balaban J connectivity index is 1.26. The number of carbonyl (C=O) groups is 2. The number of amides is 1. The third-order valence-electron chi connectivity index (χ3n) is 6.41. The molecule has 1 aliphatic rings. The van der Waals surface area contributed by atoms with E-state index in [2.05, 4.69) is 15.1 Å². The first-order chi connectivity index (χ1) is 19.1. The number of aromatic nitrogens is 2. The van der Waals surface area contributed by atoms with E-state index in [1.807, 2.05) is 42.5 Å². The molecule has 5 aromatic rings. The zero-order valence-electron chi connectivity index (χ0n) is 20.5. The van der Waals surface area contributed by atoms with Crippen LogP contribution in [0.25, 0.3) is 22.3 Å². The van der Waals surface area contributed by atoms with Gasteiger partial charge in [0.15, 0.2) is 6.61 Å². The molecule has 39 heavy (non-hydrogen) atoms. The molecule has 8 nitrogen and oxygen atoms in total. The van der Waals surface area contributed by atoms with E-state index in [0.717, 1.165) is 5.56 Å². The molecule has 3 aromatic heterocycles. The average molecular weight is 537 g/mol. The average Bonchev–Trinajstić information content (AvgIpc) is 3.67. The summed E-state index contributed by atoms with van der Waals surface area (Å²) in [4.78, 5) is 35.6. The summed E-state index contributed by atoms with van der Waals surface area (Å²) >= 11 is 6.03. The van der Waals surface area contributed by atoms with Gasteiger partial charge >= 0.3 is 5.97 Å². The first-order valence-corrected chi connectivity index (χ1v) is 12.6. The van der Waals surface area contributed by atoms with Crippen molar-refractivity contribution in [2.45, 2.75) is 12.5 Å². The zero-order chi connectivity index (χ0) is 26.8. The molecule has 0 N–H and O–H groups in total. The van der Waals surface area contributed by atoms with Crippen molar-refractivity contribution in [1.82, 2.24) is 15.0 Å². The number of para-hydroxylation sites is 1. The maximum Gasteiger partial charge on any atom is 0.339 e. The lowest BCUT2D eigenvalue weighted by molar-refractivity contribution is -0.136. The predicted octanol–water partition coefficient (Wildman–Crippen LogP) is 6.08. The van der Waals surface area contributed by atoms with Gasteiger partial charge in [-0.2, -0.15) is 5.10 Å². The van der Waals surface area contributed by atoms with Crippen molar-refractivity contribution in [1.29, 1.82) is 0 Å². The van der Waals surface area contributed by atoms with Gasteiger partial charge in [0.2, 0.25) is 0 Å². The molecule has 0 bridgehead atoms. The third kappa shape index (κ3) is 5.02. The number of carbonyl (C=O) groups excluding carboxylic acids is 2. The quantitative estimate of drug-likeness (QED) is 0.244. The number of rotatable bonds is 6. The Labute approximate surface area is 228 Å². The molecule has 1 unspecified atom stereocenters. The number of esters is 1. The van der Waals surface area contributed by atoms with Crippen molar-refractivity contribution < 1.29 is 18.7 Å². The molecule has 0 spiro atoms. The van der Waals surface area contributed by atoms with Gasteiger partial charge in [0.25, 0.3) is 5.91 Å². The van der Waals surface area contributed by atoms with Gasteiger partial charge in [-0.3, -0.25) is 9.78 Å². The van der Waals surface area contributed by atoms with Crippen LogP contribution in [-0.4, -0.2) is 39.2 Å². The molecule has 1 atom stereocenters. The van der Waals surface area contributed by atoms with Crippen molar-refractivity contribution in [2.24, 2.45) is 5.10 Å². The maximum atomic E-state index is 13.3. The smallest absolute Gasteiger partial charge is 0.339 e. The fourth-order valence-corrected chi connectivity index (χ4v) is 4.65. The normalized spacial score (nSPS) is 14.8. The summed E-state index contributed by atoms with van der Waals surface area (Å²) in [5.74, 6) is -0.533. The van der Waals surface area contributed by atoms with Crippen LogP contribution in [0.15, 0.2) is 107 Å². The van der Waals surface area contributed by atoms with E-state index in [-0.39, 0.29) is 0 Å². The highest BCUT2D eigenvalue weighted by atomic mass is 35.5. The summed E-state index contributed by atoms with van der Waals surface area (Å²) in [5.41, 5.74) is 3.61. The summed E-state index contributed by atoms with van der Waals surface area (Å²) in [6.45, 7) is -0.497. The van der Waals surface area contributed by atoms with Gasteiger partial charge in [-0.1, -0.05) is 48.0 Å². The fraction of sp³-hybridized carbons (Fsp3) is 0.100. The van der Waals surface area contributed by atoms with Crippen molar-refractivity contribution in [3.05, 3.63) is 119 Å². The number of nitrogens with zero attached hydrogens (tertiary/aromatic N) is 4. The molecule has 0 radical (unpaired) electrons. The van der Waals surface area contributed by atoms with Crippen LogP contribution in [0.2, 0.25) is 5.02 Å². The number of furan rings is 1. The Kier molecular flexibility index (Phi) is 6.61. The summed E-state index contributed by atoms with van der Waals surface area (Å²) in [6.07, 6.45) is 3.65. The molecule has 2 aromatic carbocycles. The van der Waals surface area contributed by atoms with Gasteiger partial charge in [0.05, 0.1) is 34.4 Å². The standard InChI is InChI=1S/C30H21ClN4O4/c31-20-12-10-19(11-13-20)25-17-27(28-9-5-15-38-28)35(34-25)29(36)18-39-30(37)22-16-26(24-8-3-4-14-32-24)33-23-7-2-1-6-21(22)23/h1-16,27H,17-18H2. The van der Waals surface area contributed by atoms with Crippen LogP contribution in [0, 0.1) is 0 Å². The zero-order valence-corrected chi connectivity index (χ0v) is 21.3. The molecule has 1 aliphatic heterocycles. The van der Waals surface area contributed by atoms with E-state index in [4.69, 9.17) is 20.8 Å². The van der Waals surface area contributed by atoms with Crippen LogP contribution in [-0.2, 0) is 9.53 Å². The molecule has 1 amide bonds. The molecular weight excluding hydrogens is 516 g/mol. The molecule has 0 saturated carbocycles. The van der Waals surface area contributed by atoms with Crippen LogP contribution in [0.4, 0.5) is 0 Å². The van der Waals surface area contributed by atoms with Crippen molar-refractivity contribution in [3.8, 4) is 11.4 Å². The number of ether oxygens (including phenoxy) is 1. The molecule has 0 saturated heterocycles. The van der Waals surface area contributed by atoms with E-state index in [9.17, 15) is 9.59 Å². The van der Waals surface area contributed by atoms with E-state index < -0.39 is 24.5 Å². The number of pyridine rings is 2. The van der Waals surface area contributed by atoms with E-state index in [1.165, 1.54) is 5.01 Å². The summed E-state index contributed by atoms with van der Waals surface area (Å²) in [5, 5.41) is 7.11. The lowest BCUT2D eigenvalue weighted by Crippen LogP contribution is -2.31. The van der Waals surface area contributed by atoms with Gasteiger partial charge in [0.1, 0.15) is 11.8 Å². The fourth-order valence-electron chi connectivity index (χ4n) is 4.52. The Morgan fingerprint density at radius 2 is 1.79 bits per heavy atom. The van der Waals surface area contributed by atoms with Crippen LogP contribution in [0.3, 0.4) is 0 Å². The second-order valence-electron chi connectivity index (χ2n) is 8.89. The van der Waals surface area contributed by atoms with Crippen molar-refractivity contribution in [3.63, 3.8) is 0 Å². The summed E-state index contributed by atoms with van der Waals surface area (Å²) in [6, 6.07) is 24.7. The molecule has 192 valence electrons. The van der Waals surface area contributed by atoms with Gasteiger partial charge in [-0.15, -0.1) is 0 Å². The van der Waals surface area contributed by atoms with Gasteiger partial charge in [0, 0.05) is 23.0 Å². The number of benzene rings is 2. The third-order valence-corrected chi connectivity index (χ3v) is 6.66. The number of hydrogen-bond donors (Lipinski definition) is 0. The second-order valence-corrected chi connectivity index (χ2v) is 9.33. The largest absolute Gasteiger partial charge is 0.467 e. The van der Waals surface area contributed by atoms with Gasteiger partial charge in [-0.25, -0.2) is 14.8 Å².